The normalized spacial score (nSPS) is 27.6. The lowest BCUT2D eigenvalue weighted by Crippen LogP contribution is -2.19. The Labute approximate surface area is 73.4 Å². The van der Waals surface area contributed by atoms with Crippen LogP contribution in [0, 0.1) is 11.8 Å². The Hall–Kier alpha value is -0.570. The van der Waals surface area contributed by atoms with E-state index in [1.54, 1.807) is 0 Å². The van der Waals surface area contributed by atoms with Gasteiger partial charge < -0.3 is 10.0 Å². The molecule has 2 atom stereocenters. The average molecular weight is 171 g/mol. The van der Waals surface area contributed by atoms with E-state index >= 15 is 0 Å². The van der Waals surface area contributed by atoms with Gasteiger partial charge in [0.2, 0.25) is 0 Å². The van der Waals surface area contributed by atoms with E-state index < -0.39 is 5.97 Å². The van der Waals surface area contributed by atoms with Gasteiger partial charge in [-0.15, -0.1) is 0 Å². The van der Waals surface area contributed by atoms with Gasteiger partial charge in [0.25, 0.3) is 0 Å². The van der Waals surface area contributed by atoms with Crippen molar-refractivity contribution in [3.05, 3.63) is 0 Å². The van der Waals surface area contributed by atoms with Crippen LogP contribution in [0.2, 0.25) is 0 Å². The number of hydrogen-bond donors (Lipinski definition) is 1. The van der Waals surface area contributed by atoms with Gasteiger partial charge in [-0.2, -0.15) is 0 Å². The van der Waals surface area contributed by atoms with E-state index in [1.165, 1.54) is 0 Å². The summed E-state index contributed by atoms with van der Waals surface area (Å²) in [4.78, 5) is 12.7. The third-order valence-corrected chi connectivity index (χ3v) is 2.66. The summed E-state index contributed by atoms with van der Waals surface area (Å²) in [5.41, 5.74) is 0. The number of carboxylic acid groups (broad SMARTS) is 1. The number of aliphatic carboxylic acids is 1. The fourth-order valence-corrected chi connectivity index (χ4v) is 1.41. The van der Waals surface area contributed by atoms with Crippen LogP contribution in [0.4, 0.5) is 0 Å². The van der Waals surface area contributed by atoms with Crippen LogP contribution in [0.5, 0.6) is 0 Å². The predicted molar refractivity (Wildman–Crippen MR) is 47.0 cm³/mol. The minimum Gasteiger partial charge on any atom is -0.481 e. The van der Waals surface area contributed by atoms with Crippen LogP contribution < -0.4 is 0 Å². The van der Waals surface area contributed by atoms with Crippen molar-refractivity contribution >= 4 is 5.97 Å². The van der Waals surface area contributed by atoms with Crippen LogP contribution >= 0.6 is 0 Å². The summed E-state index contributed by atoms with van der Waals surface area (Å²) in [5, 5.41) is 8.63. The van der Waals surface area contributed by atoms with Crippen LogP contribution in [0.25, 0.3) is 0 Å². The maximum absolute atomic E-state index is 10.5. The first kappa shape index (κ1) is 9.52. The van der Waals surface area contributed by atoms with Crippen LogP contribution in [-0.2, 0) is 4.79 Å². The van der Waals surface area contributed by atoms with Crippen LogP contribution in [0.15, 0.2) is 0 Å². The summed E-state index contributed by atoms with van der Waals surface area (Å²) in [6.07, 6.45) is 1.94. The highest BCUT2D eigenvalue weighted by Crippen LogP contribution is 2.41. The summed E-state index contributed by atoms with van der Waals surface area (Å²) < 4.78 is 0. The lowest BCUT2D eigenvalue weighted by atomic mass is 10.2. The Morgan fingerprint density at radius 1 is 1.67 bits per heavy atom. The van der Waals surface area contributed by atoms with Crippen LogP contribution in [0.3, 0.4) is 0 Å². The number of carboxylic acids is 1. The third kappa shape index (κ3) is 2.48. The maximum atomic E-state index is 10.5. The molecule has 0 aromatic heterocycles. The molecular weight excluding hydrogens is 154 g/mol. The molecule has 70 valence electrons. The van der Waals surface area contributed by atoms with Gasteiger partial charge in [-0.1, -0.05) is 6.92 Å². The van der Waals surface area contributed by atoms with E-state index in [9.17, 15) is 4.79 Å². The van der Waals surface area contributed by atoms with E-state index in [-0.39, 0.29) is 5.92 Å². The second-order valence-electron chi connectivity index (χ2n) is 3.63. The summed E-state index contributed by atoms with van der Waals surface area (Å²) in [6.45, 7) is 4.19. The van der Waals surface area contributed by atoms with Crippen molar-refractivity contribution in [1.29, 1.82) is 0 Å². The standard InChI is InChI=1S/C9H17NO2/c1-3-10(2)5-4-7-6-8(7)9(11)12/h7-8H,3-6H2,1-2H3,(H,11,12). The number of hydrogen-bond acceptors (Lipinski definition) is 2. The monoisotopic (exact) mass is 171 g/mol. The highest BCUT2D eigenvalue weighted by Gasteiger charge is 2.42. The second-order valence-corrected chi connectivity index (χ2v) is 3.63. The molecule has 0 spiro atoms. The smallest absolute Gasteiger partial charge is 0.306 e. The molecule has 1 fully saturated rings. The Bertz CT molecular complexity index is 170. The minimum absolute atomic E-state index is 0.0322. The van der Waals surface area contributed by atoms with E-state index in [4.69, 9.17) is 5.11 Å². The Balaban J connectivity index is 2.08. The van der Waals surface area contributed by atoms with Gasteiger partial charge in [-0.05, 0) is 38.9 Å². The Morgan fingerprint density at radius 3 is 2.75 bits per heavy atom. The van der Waals surface area contributed by atoms with Gasteiger partial charge in [0, 0.05) is 0 Å². The van der Waals surface area contributed by atoms with Crippen molar-refractivity contribution in [2.24, 2.45) is 11.8 Å². The molecule has 0 heterocycles. The first-order valence-corrected chi connectivity index (χ1v) is 4.56. The molecule has 0 aliphatic heterocycles. The van der Waals surface area contributed by atoms with Crippen molar-refractivity contribution in [2.75, 3.05) is 20.1 Å². The lowest BCUT2D eigenvalue weighted by molar-refractivity contribution is -0.138. The minimum atomic E-state index is -0.612. The molecule has 1 rings (SSSR count). The molecule has 0 amide bonds. The highest BCUT2D eigenvalue weighted by molar-refractivity contribution is 5.73. The maximum Gasteiger partial charge on any atom is 0.306 e. The van der Waals surface area contributed by atoms with Gasteiger partial charge in [-0.25, -0.2) is 0 Å². The molecule has 0 radical (unpaired) electrons. The fourth-order valence-electron chi connectivity index (χ4n) is 1.41. The Morgan fingerprint density at radius 2 is 2.33 bits per heavy atom. The zero-order valence-electron chi connectivity index (χ0n) is 7.79. The molecular formula is C9H17NO2. The van der Waals surface area contributed by atoms with Gasteiger partial charge in [-0.3, -0.25) is 4.79 Å². The van der Waals surface area contributed by atoms with Gasteiger partial charge >= 0.3 is 5.97 Å². The average Bonchev–Trinajstić information content (AvgIpc) is 2.79. The molecule has 0 aromatic carbocycles. The number of nitrogens with zero attached hydrogens (tertiary/aromatic N) is 1. The lowest BCUT2D eigenvalue weighted by Gasteiger charge is -2.12. The highest BCUT2D eigenvalue weighted by atomic mass is 16.4. The summed E-state index contributed by atoms with van der Waals surface area (Å²) in [5.74, 6) is -0.189. The quantitative estimate of drug-likeness (QED) is 0.672. The molecule has 3 nitrogen and oxygen atoms in total. The molecule has 1 saturated carbocycles. The topological polar surface area (TPSA) is 40.5 Å². The zero-order chi connectivity index (χ0) is 9.14. The van der Waals surface area contributed by atoms with Crippen molar-refractivity contribution in [2.45, 2.75) is 19.8 Å². The van der Waals surface area contributed by atoms with E-state index in [0.717, 1.165) is 25.9 Å². The van der Waals surface area contributed by atoms with Crippen molar-refractivity contribution in [1.82, 2.24) is 4.90 Å². The van der Waals surface area contributed by atoms with Gasteiger partial charge in [0.05, 0.1) is 5.92 Å². The molecule has 3 heteroatoms. The summed E-state index contributed by atoms with van der Waals surface area (Å²) >= 11 is 0. The van der Waals surface area contributed by atoms with E-state index in [2.05, 4.69) is 18.9 Å². The number of rotatable bonds is 5. The number of carbonyl (C=O) groups is 1. The molecule has 0 saturated heterocycles. The van der Waals surface area contributed by atoms with Crippen molar-refractivity contribution in [3.63, 3.8) is 0 Å². The SMILES string of the molecule is CCN(C)CCC1CC1C(=O)O. The summed E-state index contributed by atoms with van der Waals surface area (Å²) in [7, 11) is 2.07. The van der Waals surface area contributed by atoms with Crippen LogP contribution in [0.1, 0.15) is 19.8 Å². The molecule has 0 aromatic rings. The Kier molecular flexibility index (Phi) is 3.09. The second kappa shape index (κ2) is 3.90. The largest absolute Gasteiger partial charge is 0.481 e. The van der Waals surface area contributed by atoms with E-state index in [1.807, 2.05) is 0 Å². The van der Waals surface area contributed by atoms with Crippen LogP contribution in [-0.4, -0.2) is 36.1 Å². The first-order valence-electron chi connectivity index (χ1n) is 4.56. The zero-order valence-corrected chi connectivity index (χ0v) is 7.79. The van der Waals surface area contributed by atoms with Gasteiger partial charge in [0.1, 0.15) is 0 Å². The molecule has 12 heavy (non-hydrogen) atoms. The molecule has 1 aliphatic rings. The molecule has 2 unspecified atom stereocenters. The van der Waals surface area contributed by atoms with Crippen molar-refractivity contribution in [3.8, 4) is 0 Å². The van der Waals surface area contributed by atoms with E-state index in [0.29, 0.717) is 5.92 Å². The summed E-state index contributed by atoms with van der Waals surface area (Å²) in [6, 6.07) is 0. The molecule has 1 aliphatic carbocycles. The predicted octanol–water partition coefficient (Wildman–Crippen LogP) is 1.05. The first-order chi connectivity index (χ1) is 5.65. The van der Waals surface area contributed by atoms with Crippen molar-refractivity contribution < 1.29 is 9.90 Å². The molecule has 1 N–H and O–H groups in total. The van der Waals surface area contributed by atoms with Gasteiger partial charge in [0.15, 0.2) is 0 Å². The molecule has 0 bridgehead atoms. The fraction of sp³-hybridized carbons (Fsp3) is 0.889. The third-order valence-electron chi connectivity index (χ3n) is 2.66.